The van der Waals surface area contributed by atoms with Gasteiger partial charge in [-0.3, -0.25) is 23.9 Å². The minimum Gasteiger partial charge on any atom is -0.466 e. The quantitative estimate of drug-likeness (QED) is 0.530. The average molecular weight is 510 g/mol. The normalized spacial score (nSPS) is 16.2. The number of fused-ring (bicyclic) bond motifs is 1. The number of benzene rings is 1. The summed E-state index contributed by atoms with van der Waals surface area (Å²) in [5.41, 5.74) is 2.74. The molecule has 0 atom stereocenters. The van der Waals surface area contributed by atoms with E-state index in [1.54, 1.807) is 28.5 Å². The second-order valence-electron chi connectivity index (χ2n) is 9.77. The predicted molar refractivity (Wildman–Crippen MR) is 136 cm³/mol. The molecular weight excluding hydrogens is 474 g/mol. The molecule has 1 fully saturated rings. The highest BCUT2D eigenvalue weighted by Gasteiger charge is 2.31. The number of aromatic nitrogens is 2. The van der Waals surface area contributed by atoms with Gasteiger partial charge in [0.25, 0.3) is 11.8 Å². The van der Waals surface area contributed by atoms with Gasteiger partial charge < -0.3 is 19.4 Å². The monoisotopic (exact) mass is 509 g/mol. The molecule has 0 saturated carbocycles. The molecule has 198 valence electrons. The predicted octanol–water partition coefficient (Wildman–Crippen LogP) is 2.11. The zero-order valence-corrected chi connectivity index (χ0v) is 21.8. The van der Waals surface area contributed by atoms with Gasteiger partial charge in [0.1, 0.15) is 5.69 Å². The molecule has 0 radical (unpaired) electrons. The third kappa shape index (κ3) is 6.18. The lowest BCUT2D eigenvalue weighted by Crippen LogP contribution is -2.45. The Bertz CT molecular complexity index is 1150. The summed E-state index contributed by atoms with van der Waals surface area (Å²) in [5.74, 6) is -1.15. The Labute approximate surface area is 217 Å². The summed E-state index contributed by atoms with van der Waals surface area (Å²) < 4.78 is 6.68. The summed E-state index contributed by atoms with van der Waals surface area (Å²) >= 11 is 0. The Balaban J connectivity index is 1.36. The van der Waals surface area contributed by atoms with Crippen molar-refractivity contribution >= 4 is 23.7 Å². The van der Waals surface area contributed by atoms with Crippen LogP contribution in [0.3, 0.4) is 0 Å². The molecule has 0 N–H and O–H groups in total. The minimum atomic E-state index is -0.409. The van der Waals surface area contributed by atoms with Crippen molar-refractivity contribution in [3.05, 3.63) is 52.8 Å². The fraction of sp³-hybridized carbons (Fsp3) is 0.519. The first-order chi connectivity index (χ1) is 17.8. The number of carbonyl (C=O) groups excluding carboxylic acids is 4. The molecule has 1 saturated heterocycles. The van der Waals surface area contributed by atoms with E-state index < -0.39 is 5.91 Å². The lowest BCUT2D eigenvalue weighted by molar-refractivity contribution is -0.151. The van der Waals surface area contributed by atoms with Crippen molar-refractivity contribution in [1.82, 2.24) is 24.5 Å². The number of nitrogens with zero attached hydrogens (tertiary/aromatic N) is 5. The molecule has 2 aliphatic rings. The number of hydrogen-bond donors (Lipinski definition) is 0. The number of hydrogen-bond acceptors (Lipinski definition) is 6. The molecule has 0 unspecified atom stereocenters. The second-order valence-corrected chi connectivity index (χ2v) is 9.77. The molecule has 2 aliphatic heterocycles. The molecule has 0 bridgehead atoms. The molecular formula is C27H35N5O5. The third-order valence-corrected chi connectivity index (χ3v) is 6.98. The molecule has 2 aromatic rings. The Kier molecular flexibility index (Phi) is 8.25. The summed E-state index contributed by atoms with van der Waals surface area (Å²) in [6, 6.07) is 9.62. The minimum absolute atomic E-state index is 0.0986. The number of likely N-dealkylation sites (tertiary alicyclic amines) is 1. The highest BCUT2D eigenvalue weighted by Crippen LogP contribution is 2.20. The number of amides is 3. The van der Waals surface area contributed by atoms with Crippen LogP contribution in [0, 0.1) is 12.8 Å². The van der Waals surface area contributed by atoms with Crippen LogP contribution in [0.4, 0.5) is 0 Å². The maximum Gasteiger partial charge on any atom is 0.309 e. The summed E-state index contributed by atoms with van der Waals surface area (Å²) in [6.45, 7) is 6.60. The Morgan fingerprint density at radius 2 is 1.78 bits per heavy atom. The number of aryl methyl sites for hydroxylation is 2. The van der Waals surface area contributed by atoms with Crippen LogP contribution in [0.1, 0.15) is 58.3 Å². The van der Waals surface area contributed by atoms with Gasteiger partial charge >= 0.3 is 5.97 Å². The summed E-state index contributed by atoms with van der Waals surface area (Å²) in [4.78, 5) is 55.9. The van der Waals surface area contributed by atoms with E-state index >= 15 is 0 Å². The van der Waals surface area contributed by atoms with Crippen molar-refractivity contribution < 1.29 is 23.9 Å². The molecule has 3 amide bonds. The van der Waals surface area contributed by atoms with E-state index in [2.05, 4.69) is 5.10 Å². The van der Waals surface area contributed by atoms with Gasteiger partial charge in [0.2, 0.25) is 5.91 Å². The molecule has 10 nitrogen and oxygen atoms in total. The lowest BCUT2D eigenvalue weighted by Gasteiger charge is -2.32. The lowest BCUT2D eigenvalue weighted by atomic mass is 9.97. The summed E-state index contributed by atoms with van der Waals surface area (Å²) in [7, 11) is 1.56. The summed E-state index contributed by atoms with van der Waals surface area (Å²) in [5, 5.41) is 4.40. The van der Waals surface area contributed by atoms with Crippen molar-refractivity contribution in [2.24, 2.45) is 5.92 Å². The van der Waals surface area contributed by atoms with Gasteiger partial charge in [-0.1, -0.05) is 29.8 Å². The van der Waals surface area contributed by atoms with Gasteiger partial charge in [0.15, 0.2) is 5.69 Å². The van der Waals surface area contributed by atoms with Crippen LogP contribution in [0.15, 0.2) is 30.3 Å². The molecule has 1 aromatic carbocycles. The topological polar surface area (TPSA) is 105 Å². The van der Waals surface area contributed by atoms with Crippen LogP contribution in [0.2, 0.25) is 0 Å². The van der Waals surface area contributed by atoms with Crippen LogP contribution in [-0.4, -0.2) is 88.0 Å². The Morgan fingerprint density at radius 3 is 2.46 bits per heavy atom. The first kappa shape index (κ1) is 26.4. The first-order valence-corrected chi connectivity index (χ1v) is 12.9. The molecule has 4 rings (SSSR count). The van der Waals surface area contributed by atoms with Gasteiger partial charge in [0, 0.05) is 45.8 Å². The smallest absolute Gasteiger partial charge is 0.309 e. The van der Waals surface area contributed by atoms with E-state index in [0.29, 0.717) is 57.9 Å². The standard InChI is InChI=1S/C27H35N5O5/c1-4-37-27(36)21-10-14-30(15-11-21)24(33)18-29(3)25(34)22-16-23-26(35)31(12-5-13-32(23)28-22)17-20-8-6-19(2)7-9-20/h6-9,16,21H,4-5,10-15,17-18H2,1-3H3. The van der Waals surface area contributed by atoms with E-state index in [9.17, 15) is 19.2 Å². The number of rotatable bonds is 7. The van der Waals surface area contributed by atoms with Crippen LogP contribution < -0.4 is 0 Å². The maximum absolute atomic E-state index is 13.3. The van der Waals surface area contributed by atoms with Gasteiger partial charge in [-0.05, 0) is 38.7 Å². The average Bonchev–Trinajstić information content (AvgIpc) is 3.26. The number of piperidine rings is 1. The van der Waals surface area contributed by atoms with Crippen molar-refractivity contribution in [2.45, 2.75) is 46.2 Å². The molecule has 0 spiro atoms. The van der Waals surface area contributed by atoms with Crippen LogP contribution in [-0.2, 0) is 27.4 Å². The van der Waals surface area contributed by atoms with Crippen molar-refractivity contribution in [2.75, 3.05) is 39.8 Å². The van der Waals surface area contributed by atoms with E-state index in [1.165, 1.54) is 11.0 Å². The SMILES string of the molecule is CCOC(=O)C1CCN(C(=O)CN(C)C(=O)c2cc3n(n2)CCCN(Cc2ccc(C)cc2)C3=O)CC1. The number of likely N-dealkylation sites (N-methyl/N-ethyl adjacent to an activating group) is 1. The van der Waals surface area contributed by atoms with Crippen LogP contribution >= 0.6 is 0 Å². The molecule has 0 aliphatic carbocycles. The second kappa shape index (κ2) is 11.6. The van der Waals surface area contributed by atoms with Gasteiger partial charge in [-0.2, -0.15) is 5.10 Å². The highest BCUT2D eigenvalue weighted by atomic mass is 16.5. The first-order valence-electron chi connectivity index (χ1n) is 12.9. The third-order valence-electron chi connectivity index (χ3n) is 6.98. The molecule has 10 heteroatoms. The fourth-order valence-corrected chi connectivity index (χ4v) is 4.80. The molecule has 37 heavy (non-hydrogen) atoms. The fourth-order valence-electron chi connectivity index (χ4n) is 4.80. The molecule has 3 heterocycles. The number of carbonyl (C=O) groups is 4. The Hall–Kier alpha value is -3.69. The maximum atomic E-state index is 13.3. The van der Waals surface area contributed by atoms with Crippen molar-refractivity contribution in [3.63, 3.8) is 0 Å². The van der Waals surface area contributed by atoms with Crippen molar-refractivity contribution in [3.8, 4) is 0 Å². The van der Waals surface area contributed by atoms with Gasteiger partial charge in [-0.15, -0.1) is 0 Å². The van der Waals surface area contributed by atoms with E-state index in [1.807, 2.05) is 31.2 Å². The van der Waals surface area contributed by atoms with Crippen molar-refractivity contribution in [1.29, 1.82) is 0 Å². The van der Waals surface area contributed by atoms with Gasteiger partial charge in [0.05, 0.1) is 19.1 Å². The molecule has 1 aromatic heterocycles. The summed E-state index contributed by atoms with van der Waals surface area (Å²) in [6.07, 6.45) is 1.84. The number of esters is 1. The van der Waals surface area contributed by atoms with Crippen LogP contribution in [0.25, 0.3) is 0 Å². The van der Waals surface area contributed by atoms with E-state index in [0.717, 1.165) is 17.5 Å². The number of ether oxygens (including phenoxy) is 1. The van der Waals surface area contributed by atoms with E-state index in [4.69, 9.17) is 4.74 Å². The largest absolute Gasteiger partial charge is 0.466 e. The Morgan fingerprint density at radius 1 is 1.08 bits per heavy atom. The van der Waals surface area contributed by atoms with Crippen LogP contribution in [0.5, 0.6) is 0 Å². The van der Waals surface area contributed by atoms with E-state index in [-0.39, 0.29) is 35.9 Å². The zero-order valence-electron chi connectivity index (χ0n) is 21.8. The highest BCUT2D eigenvalue weighted by molar-refractivity contribution is 5.99. The van der Waals surface area contributed by atoms with Gasteiger partial charge in [-0.25, -0.2) is 0 Å². The zero-order chi connectivity index (χ0) is 26.5.